The Bertz CT molecular complexity index is 619. The first-order valence-corrected chi connectivity index (χ1v) is 7.27. The molecule has 0 aliphatic carbocycles. The van der Waals surface area contributed by atoms with Crippen LogP contribution in [0.15, 0.2) is 40.9 Å². The first-order valence-electron chi connectivity index (χ1n) is 6.04. The number of halogens is 4. The van der Waals surface area contributed by atoms with Gasteiger partial charge in [-0.2, -0.15) is 0 Å². The fourth-order valence-corrected chi connectivity index (χ4v) is 2.86. The van der Waals surface area contributed by atoms with Gasteiger partial charge in [-0.3, -0.25) is 0 Å². The number of benzene rings is 2. The van der Waals surface area contributed by atoms with Crippen LogP contribution in [0.25, 0.3) is 0 Å². The SMILES string of the molecule is CCOc1ccc(C(Cl)c2ccc(F)c(F)c2)c(Br)c1. The quantitative estimate of drug-likeness (QED) is 0.658. The molecule has 20 heavy (non-hydrogen) atoms. The number of rotatable bonds is 4. The largest absolute Gasteiger partial charge is 0.494 e. The number of hydrogen-bond donors (Lipinski definition) is 0. The van der Waals surface area contributed by atoms with Gasteiger partial charge in [0.15, 0.2) is 11.6 Å². The summed E-state index contributed by atoms with van der Waals surface area (Å²) in [5.41, 5.74) is 1.26. The van der Waals surface area contributed by atoms with Crippen molar-refractivity contribution in [2.45, 2.75) is 12.3 Å². The van der Waals surface area contributed by atoms with Crippen molar-refractivity contribution in [3.63, 3.8) is 0 Å². The summed E-state index contributed by atoms with van der Waals surface area (Å²) in [6, 6.07) is 9.04. The highest BCUT2D eigenvalue weighted by atomic mass is 79.9. The highest BCUT2D eigenvalue weighted by molar-refractivity contribution is 9.10. The lowest BCUT2D eigenvalue weighted by Gasteiger charge is -2.14. The zero-order valence-electron chi connectivity index (χ0n) is 10.7. The van der Waals surface area contributed by atoms with Crippen molar-refractivity contribution in [2.24, 2.45) is 0 Å². The van der Waals surface area contributed by atoms with Crippen LogP contribution in [0.3, 0.4) is 0 Å². The minimum atomic E-state index is -0.907. The van der Waals surface area contributed by atoms with E-state index in [1.54, 1.807) is 18.2 Å². The number of ether oxygens (including phenoxy) is 1. The molecular weight excluding hydrogens is 350 g/mol. The molecular formula is C15H12BrClF2O. The van der Waals surface area contributed by atoms with Gasteiger partial charge >= 0.3 is 0 Å². The molecule has 0 N–H and O–H groups in total. The molecule has 0 saturated carbocycles. The van der Waals surface area contributed by atoms with Crippen molar-refractivity contribution >= 4 is 27.5 Å². The van der Waals surface area contributed by atoms with Crippen molar-refractivity contribution in [1.29, 1.82) is 0 Å². The van der Waals surface area contributed by atoms with Gasteiger partial charge in [0.1, 0.15) is 5.75 Å². The fraction of sp³-hybridized carbons (Fsp3) is 0.200. The Morgan fingerprint density at radius 3 is 2.50 bits per heavy atom. The Hall–Kier alpha value is -1.13. The average molecular weight is 362 g/mol. The van der Waals surface area contributed by atoms with E-state index in [-0.39, 0.29) is 0 Å². The highest BCUT2D eigenvalue weighted by Crippen LogP contribution is 2.36. The molecule has 2 aromatic rings. The molecule has 1 nitrogen and oxygen atoms in total. The second-order valence-corrected chi connectivity index (χ2v) is 5.44. The molecule has 1 unspecified atom stereocenters. The molecule has 2 rings (SSSR count). The minimum absolute atomic E-state index is 0.496. The Morgan fingerprint density at radius 1 is 1.15 bits per heavy atom. The van der Waals surface area contributed by atoms with E-state index >= 15 is 0 Å². The third-order valence-electron chi connectivity index (χ3n) is 2.79. The Kier molecular flexibility index (Phi) is 5.00. The lowest BCUT2D eigenvalue weighted by Crippen LogP contribution is -1.98. The van der Waals surface area contributed by atoms with Crippen molar-refractivity contribution in [2.75, 3.05) is 6.61 Å². The van der Waals surface area contributed by atoms with Crippen LogP contribution in [-0.4, -0.2) is 6.61 Å². The topological polar surface area (TPSA) is 9.23 Å². The van der Waals surface area contributed by atoms with Gasteiger partial charge < -0.3 is 4.74 Å². The molecule has 1 atom stereocenters. The third-order valence-corrected chi connectivity index (χ3v) is 3.97. The van der Waals surface area contributed by atoms with E-state index < -0.39 is 17.0 Å². The van der Waals surface area contributed by atoms with Gasteiger partial charge in [-0.15, -0.1) is 11.6 Å². The highest BCUT2D eigenvalue weighted by Gasteiger charge is 2.16. The molecule has 0 saturated heterocycles. The molecule has 0 heterocycles. The summed E-state index contributed by atoms with van der Waals surface area (Å²) >= 11 is 9.75. The molecule has 0 aromatic heterocycles. The first-order chi connectivity index (χ1) is 9.52. The van der Waals surface area contributed by atoms with E-state index in [0.29, 0.717) is 12.2 Å². The standard InChI is InChI=1S/C15H12BrClF2O/c1-2-20-10-4-5-11(12(16)8-10)15(17)9-3-6-13(18)14(19)7-9/h3-8,15H,2H2,1H3. The zero-order valence-corrected chi connectivity index (χ0v) is 13.0. The van der Waals surface area contributed by atoms with Gasteiger partial charge in [0, 0.05) is 4.47 Å². The molecule has 0 aliphatic rings. The molecule has 0 fully saturated rings. The van der Waals surface area contributed by atoms with E-state index in [4.69, 9.17) is 16.3 Å². The summed E-state index contributed by atoms with van der Waals surface area (Å²) in [6.07, 6.45) is 0. The van der Waals surface area contributed by atoms with Gasteiger partial charge in [0.2, 0.25) is 0 Å². The van der Waals surface area contributed by atoms with Crippen molar-refractivity contribution in [3.05, 3.63) is 63.6 Å². The van der Waals surface area contributed by atoms with Gasteiger partial charge in [-0.05, 0) is 42.3 Å². The first kappa shape index (κ1) is 15.3. The van der Waals surface area contributed by atoms with Crippen LogP contribution < -0.4 is 4.74 Å². The maximum Gasteiger partial charge on any atom is 0.159 e. The predicted molar refractivity (Wildman–Crippen MR) is 79.4 cm³/mol. The summed E-state index contributed by atoms with van der Waals surface area (Å²) in [5, 5.41) is -0.574. The molecule has 0 bridgehead atoms. The van der Waals surface area contributed by atoms with E-state index in [9.17, 15) is 8.78 Å². The van der Waals surface area contributed by atoms with E-state index in [2.05, 4.69) is 15.9 Å². The number of alkyl halides is 1. The van der Waals surface area contributed by atoms with Crippen molar-refractivity contribution in [1.82, 2.24) is 0 Å². The zero-order chi connectivity index (χ0) is 14.7. The van der Waals surface area contributed by atoms with Gasteiger partial charge in [-0.1, -0.05) is 28.1 Å². The van der Waals surface area contributed by atoms with Crippen LogP contribution >= 0.6 is 27.5 Å². The average Bonchev–Trinajstić information content (AvgIpc) is 2.42. The second-order valence-electron chi connectivity index (χ2n) is 4.15. The lowest BCUT2D eigenvalue weighted by molar-refractivity contribution is 0.340. The van der Waals surface area contributed by atoms with E-state index in [0.717, 1.165) is 27.9 Å². The third kappa shape index (κ3) is 3.30. The molecule has 0 aliphatic heterocycles. The van der Waals surface area contributed by atoms with Crippen LogP contribution in [-0.2, 0) is 0 Å². The van der Waals surface area contributed by atoms with Gasteiger partial charge in [-0.25, -0.2) is 8.78 Å². The predicted octanol–water partition coefficient (Wildman–Crippen LogP) is 5.45. The molecule has 0 radical (unpaired) electrons. The minimum Gasteiger partial charge on any atom is -0.494 e. The lowest BCUT2D eigenvalue weighted by atomic mass is 10.0. The molecule has 2 aromatic carbocycles. The maximum atomic E-state index is 13.3. The van der Waals surface area contributed by atoms with Crippen LogP contribution in [0.1, 0.15) is 23.4 Å². The monoisotopic (exact) mass is 360 g/mol. The summed E-state index contributed by atoms with van der Waals surface area (Å²) in [6.45, 7) is 2.47. The van der Waals surface area contributed by atoms with Gasteiger partial charge in [0.05, 0.1) is 12.0 Å². The maximum absolute atomic E-state index is 13.3. The summed E-state index contributed by atoms with van der Waals surface area (Å²) in [4.78, 5) is 0. The molecule has 0 amide bonds. The van der Waals surface area contributed by atoms with Crippen molar-refractivity contribution in [3.8, 4) is 5.75 Å². The second kappa shape index (κ2) is 6.55. The molecule has 106 valence electrons. The Morgan fingerprint density at radius 2 is 1.90 bits per heavy atom. The summed E-state index contributed by atoms with van der Waals surface area (Å²) in [5.74, 6) is -1.07. The normalized spacial score (nSPS) is 12.2. The van der Waals surface area contributed by atoms with Crippen molar-refractivity contribution < 1.29 is 13.5 Å². The van der Waals surface area contributed by atoms with E-state index in [1.165, 1.54) is 6.07 Å². The summed E-state index contributed by atoms with van der Waals surface area (Å²) in [7, 11) is 0. The van der Waals surface area contributed by atoms with Crippen LogP contribution in [0.5, 0.6) is 5.75 Å². The molecule has 5 heteroatoms. The summed E-state index contributed by atoms with van der Waals surface area (Å²) < 4.78 is 32.3. The smallest absolute Gasteiger partial charge is 0.159 e. The van der Waals surface area contributed by atoms with Gasteiger partial charge in [0.25, 0.3) is 0 Å². The van der Waals surface area contributed by atoms with Crippen LogP contribution in [0.2, 0.25) is 0 Å². The van der Waals surface area contributed by atoms with E-state index in [1.807, 2.05) is 6.92 Å². The van der Waals surface area contributed by atoms with Crippen LogP contribution in [0, 0.1) is 11.6 Å². The Balaban J connectivity index is 2.32. The molecule has 0 spiro atoms. The number of hydrogen-bond acceptors (Lipinski definition) is 1. The van der Waals surface area contributed by atoms with Crippen LogP contribution in [0.4, 0.5) is 8.78 Å². The fourth-order valence-electron chi connectivity index (χ4n) is 1.82. The Labute approximate surface area is 129 Å².